The molecule has 0 radical (unpaired) electrons. The van der Waals surface area contributed by atoms with E-state index in [2.05, 4.69) is 10.3 Å². The number of aryl methyl sites for hydroxylation is 1. The van der Waals surface area contributed by atoms with Crippen molar-refractivity contribution in [2.24, 2.45) is 0 Å². The van der Waals surface area contributed by atoms with Crippen LogP contribution >= 0.6 is 0 Å². The second-order valence-electron chi connectivity index (χ2n) is 5.22. The zero-order valence-corrected chi connectivity index (χ0v) is 11.4. The van der Waals surface area contributed by atoms with E-state index in [0.29, 0.717) is 6.54 Å². The fraction of sp³-hybridized carbons (Fsp3) is 0.333. The van der Waals surface area contributed by atoms with Crippen LogP contribution in [0.25, 0.3) is 10.9 Å². The van der Waals surface area contributed by atoms with E-state index in [4.69, 9.17) is 5.11 Å². The number of carboxylic acids is 1. The van der Waals surface area contributed by atoms with Crippen LogP contribution in [0.1, 0.15) is 25.1 Å². The van der Waals surface area contributed by atoms with Gasteiger partial charge in [-0.05, 0) is 38.5 Å². The van der Waals surface area contributed by atoms with Gasteiger partial charge >= 0.3 is 5.97 Å². The molecule has 0 saturated heterocycles. The van der Waals surface area contributed by atoms with E-state index in [1.54, 1.807) is 13.8 Å². The zero-order valence-electron chi connectivity index (χ0n) is 11.4. The molecule has 1 aromatic carbocycles. The minimum Gasteiger partial charge on any atom is -0.480 e. The molecule has 0 spiro atoms. The van der Waals surface area contributed by atoms with Crippen molar-refractivity contribution in [3.05, 3.63) is 41.6 Å². The Bertz CT molecular complexity index is 621. The van der Waals surface area contributed by atoms with E-state index in [1.807, 2.05) is 37.3 Å². The first-order valence-corrected chi connectivity index (χ1v) is 6.24. The van der Waals surface area contributed by atoms with Crippen molar-refractivity contribution in [3.8, 4) is 0 Å². The largest absolute Gasteiger partial charge is 0.480 e. The highest BCUT2D eigenvalue weighted by Crippen LogP contribution is 2.18. The summed E-state index contributed by atoms with van der Waals surface area (Å²) >= 11 is 0. The van der Waals surface area contributed by atoms with Crippen molar-refractivity contribution in [2.45, 2.75) is 32.9 Å². The number of fused-ring (bicyclic) bond motifs is 1. The van der Waals surface area contributed by atoms with E-state index in [0.717, 1.165) is 22.2 Å². The molecule has 0 saturated carbocycles. The summed E-state index contributed by atoms with van der Waals surface area (Å²) in [6.07, 6.45) is 0. The van der Waals surface area contributed by atoms with E-state index in [-0.39, 0.29) is 0 Å². The van der Waals surface area contributed by atoms with E-state index in [1.165, 1.54) is 0 Å². The molecule has 0 bridgehead atoms. The molecule has 2 N–H and O–H groups in total. The second kappa shape index (κ2) is 4.97. The van der Waals surface area contributed by atoms with Gasteiger partial charge in [-0.2, -0.15) is 0 Å². The molecular formula is C15H18N2O2. The Morgan fingerprint density at radius 1 is 1.37 bits per heavy atom. The molecule has 0 aliphatic carbocycles. The van der Waals surface area contributed by atoms with Gasteiger partial charge in [-0.25, -0.2) is 0 Å². The van der Waals surface area contributed by atoms with Gasteiger partial charge in [0.1, 0.15) is 5.54 Å². The lowest BCUT2D eigenvalue weighted by atomic mass is 10.0. The molecule has 4 nitrogen and oxygen atoms in total. The number of aliphatic carboxylic acids is 1. The van der Waals surface area contributed by atoms with Crippen molar-refractivity contribution in [3.63, 3.8) is 0 Å². The van der Waals surface area contributed by atoms with Crippen LogP contribution in [0.2, 0.25) is 0 Å². The fourth-order valence-corrected chi connectivity index (χ4v) is 1.93. The van der Waals surface area contributed by atoms with Crippen LogP contribution in [0.15, 0.2) is 30.3 Å². The van der Waals surface area contributed by atoms with Gasteiger partial charge in [-0.1, -0.05) is 18.2 Å². The highest BCUT2D eigenvalue weighted by molar-refractivity contribution is 5.82. The molecule has 1 aromatic heterocycles. The predicted octanol–water partition coefficient (Wildman–Crippen LogP) is 2.50. The number of carboxylic acid groups (broad SMARTS) is 1. The lowest BCUT2D eigenvalue weighted by molar-refractivity contribution is -0.143. The van der Waals surface area contributed by atoms with Gasteiger partial charge in [-0.3, -0.25) is 15.1 Å². The predicted molar refractivity (Wildman–Crippen MR) is 75.0 cm³/mol. The first-order chi connectivity index (χ1) is 8.90. The van der Waals surface area contributed by atoms with Crippen LogP contribution in [0.3, 0.4) is 0 Å². The Kier molecular flexibility index (Phi) is 3.53. The summed E-state index contributed by atoms with van der Waals surface area (Å²) < 4.78 is 0. The third-order valence-corrected chi connectivity index (χ3v) is 3.19. The van der Waals surface area contributed by atoms with Crippen molar-refractivity contribution in [1.29, 1.82) is 0 Å². The topological polar surface area (TPSA) is 62.2 Å². The van der Waals surface area contributed by atoms with Crippen molar-refractivity contribution in [2.75, 3.05) is 0 Å². The summed E-state index contributed by atoms with van der Waals surface area (Å²) in [5.74, 6) is -0.859. The molecular weight excluding hydrogens is 240 g/mol. The molecule has 100 valence electrons. The van der Waals surface area contributed by atoms with Gasteiger partial charge in [0, 0.05) is 17.6 Å². The van der Waals surface area contributed by atoms with Crippen LogP contribution in [0.5, 0.6) is 0 Å². The maximum Gasteiger partial charge on any atom is 0.323 e. The number of hydrogen-bond acceptors (Lipinski definition) is 3. The Balaban J connectivity index is 2.33. The third kappa shape index (κ3) is 2.90. The molecule has 0 atom stereocenters. The Hall–Kier alpha value is -1.94. The molecule has 1 heterocycles. The van der Waals surface area contributed by atoms with Crippen LogP contribution < -0.4 is 5.32 Å². The number of aromatic nitrogens is 1. The summed E-state index contributed by atoms with van der Waals surface area (Å²) in [5.41, 5.74) is 1.99. The first kappa shape index (κ1) is 13.5. The molecule has 2 aromatic rings. The highest BCUT2D eigenvalue weighted by atomic mass is 16.4. The van der Waals surface area contributed by atoms with Gasteiger partial charge in [0.15, 0.2) is 0 Å². The van der Waals surface area contributed by atoms with Crippen LogP contribution in [0, 0.1) is 6.92 Å². The Morgan fingerprint density at radius 3 is 2.74 bits per heavy atom. The normalized spacial score (nSPS) is 11.7. The van der Waals surface area contributed by atoms with Gasteiger partial charge in [0.05, 0.1) is 5.52 Å². The summed E-state index contributed by atoms with van der Waals surface area (Å²) in [6, 6.07) is 9.88. The van der Waals surface area contributed by atoms with Crippen molar-refractivity contribution < 1.29 is 9.90 Å². The number of nitrogens with zero attached hydrogens (tertiary/aromatic N) is 1. The summed E-state index contributed by atoms with van der Waals surface area (Å²) in [6.45, 7) is 5.76. The smallest absolute Gasteiger partial charge is 0.323 e. The molecule has 2 rings (SSSR count). The van der Waals surface area contributed by atoms with Gasteiger partial charge in [0.25, 0.3) is 0 Å². The van der Waals surface area contributed by atoms with Crippen LogP contribution in [-0.2, 0) is 11.3 Å². The van der Waals surface area contributed by atoms with Gasteiger partial charge in [-0.15, -0.1) is 0 Å². The minimum atomic E-state index is -0.946. The van der Waals surface area contributed by atoms with Crippen LogP contribution in [-0.4, -0.2) is 21.6 Å². The Morgan fingerprint density at radius 2 is 2.05 bits per heavy atom. The number of nitrogens with one attached hydrogen (secondary N) is 1. The average Bonchev–Trinajstić information content (AvgIpc) is 2.35. The lowest BCUT2D eigenvalue weighted by Crippen LogP contribution is -2.46. The number of rotatable bonds is 4. The number of para-hydroxylation sites is 1. The molecule has 0 aliphatic heterocycles. The molecule has 0 amide bonds. The fourth-order valence-electron chi connectivity index (χ4n) is 1.93. The maximum absolute atomic E-state index is 11.1. The molecule has 0 aliphatic rings. The summed E-state index contributed by atoms with van der Waals surface area (Å²) in [7, 11) is 0. The van der Waals surface area contributed by atoms with Gasteiger partial charge < -0.3 is 5.11 Å². The number of hydrogen-bond donors (Lipinski definition) is 2. The quantitative estimate of drug-likeness (QED) is 0.884. The van der Waals surface area contributed by atoms with Crippen LogP contribution in [0.4, 0.5) is 0 Å². The van der Waals surface area contributed by atoms with E-state index < -0.39 is 11.5 Å². The van der Waals surface area contributed by atoms with E-state index >= 15 is 0 Å². The zero-order chi connectivity index (χ0) is 14.0. The summed E-state index contributed by atoms with van der Waals surface area (Å²) in [4.78, 5) is 15.6. The molecule has 19 heavy (non-hydrogen) atoms. The standard InChI is InChI=1S/C15H18N2O2/c1-10-8-11(9-16-15(2,3)14(18)19)12-6-4-5-7-13(12)17-10/h4-8,16H,9H2,1-3H3,(H,18,19). The SMILES string of the molecule is Cc1cc(CNC(C)(C)C(=O)O)c2ccccc2n1. The molecule has 0 fully saturated rings. The van der Waals surface area contributed by atoms with Crippen molar-refractivity contribution >= 4 is 16.9 Å². The molecule has 4 heteroatoms. The number of pyridine rings is 1. The summed E-state index contributed by atoms with van der Waals surface area (Å²) in [5, 5.41) is 13.2. The lowest BCUT2D eigenvalue weighted by Gasteiger charge is -2.21. The monoisotopic (exact) mass is 258 g/mol. The number of carbonyl (C=O) groups is 1. The Labute approximate surface area is 112 Å². The minimum absolute atomic E-state index is 0.503. The average molecular weight is 258 g/mol. The van der Waals surface area contributed by atoms with Gasteiger partial charge in [0.2, 0.25) is 0 Å². The molecule has 0 unspecified atom stereocenters. The highest BCUT2D eigenvalue weighted by Gasteiger charge is 2.26. The van der Waals surface area contributed by atoms with E-state index in [9.17, 15) is 4.79 Å². The van der Waals surface area contributed by atoms with Crippen molar-refractivity contribution in [1.82, 2.24) is 10.3 Å². The second-order valence-corrected chi connectivity index (χ2v) is 5.22. The number of benzene rings is 1. The first-order valence-electron chi connectivity index (χ1n) is 6.24. The third-order valence-electron chi connectivity index (χ3n) is 3.19. The maximum atomic E-state index is 11.1.